The standard InChI is InChI=1S/C18H20N2O2/c1-16(2)17(3)7-8-18(16,4)14-13(17)19-11-6-5-10(15(21)22)9-12(11)20-14/h5-6,9H,7-8H2,1-4H3,(H,21,22)/p-1. The summed E-state index contributed by atoms with van der Waals surface area (Å²) in [6.07, 6.45) is 2.23. The molecule has 1 heterocycles. The van der Waals surface area contributed by atoms with Gasteiger partial charge in [0.15, 0.2) is 0 Å². The predicted molar refractivity (Wildman–Crippen MR) is 81.6 cm³/mol. The minimum Gasteiger partial charge on any atom is -0.545 e. The maximum atomic E-state index is 11.1. The van der Waals surface area contributed by atoms with Crippen LogP contribution in [0, 0.1) is 5.41 Å². The van der Waals surface area contributed by atoms with Crippen LogP contribution >= 0.6 is 0 Å². The molecule has 114 valence electrons. The Kier molecular flexibility index (Phi) is 2.28. The lowest BCUT2D eigenvalue weighted by atomic mass is 9.65. The molecule has 22 heavy (non-hydrogen) atoms. The highest BCUT2D eigenvalue weighted by Gasteiger charge is 2.67. The van der Waals surface area contributed by atoms with Gasteiger partial charge in [-0.05, 0) is 36.0 Å². The first kappa shape index (κ1) is 13.7. The number of nitrogens with zero attached hydrogens (tertiary/aromatic N) is 2. The zero-order chi connectivity index (χ0) is 15.9. The van der Waals surface area contributed by atoms with Crippen LogP contribution in [0.1, 0.15) is 62.3 Å². The van der Waals surface area contributed by atoms with Crippen LogP contribution in [-0.2, 0) is 10.8 Å². The van der Waals surface area contributed by atoms with Gasteiger partial charge in [0.25, 0.3) is 0 Å². The maximum Gasteiger partial charge on any atom is 0.0897 e. The van der Waals surface area contributed by atoms with Gasteiger partial charge in [0.05, 0.1) is 28.4 Å². The average Bonchev–Trinajstić information content (AvgIpc) is 2.73. The molecule has 0 saturated heterocycles. The van der Waals surface area contributed by atoms with Gasteiger partial charge in [-0.25, -0.2) is 9.97 Å². The van der Waals surface area contributed by atoms with E-state index in [1.807, 2.05) is 0 Å². The van der Waals surface area contributed by atoms with E-state index >= 15 is 0 Å². The Hall–Kier alpha value is -1.97. The first-order chi connectivity index (χ1) is 10.2. The first-order valence-electron chi connectivity index (χ1n) is 7.75. The average molecular weight is 295 g/mol. The van der Waals surface area contributed by atoms with Crippen molar-refractivity contribution in [3.8, 4) is 0 Å². The van der Waals surface area contributed by atoms with Crippen molar-refractivity contribution in [3.63, 3.8) is 0 Å². The van der Waals surface area contributed by atoms with Crippen molar-refractivity contribution in [2.75, 3.05) is 0 Å². The highest BCUT2D eigenvalue weighted by molar-refractivity contribution is 5.91. The molecule has 4 nitrogen and oxygen atoms in total. The summed E-state index contributed by atoms with van der Waals surface area (Å²) in [7, 11) is 0. The number of hydrogen-bond donors (Lipinski definition) is 0. The van der Waals surface area contributed by atoms with Crippen LogP contribution in [0.2, 0.25) is 0 Å². The Morgan fingerprint density at radius 2 is 1.55 bits per heavy atom. The van der Waals surface area contributed by atoms with Gasteiger partial charge in [-0.2, -0.15) is 0 Å². The summed E-state index contributed by atoms with van der Waals surface area (Å²) in [5.74, 6) is -1.18. The summed E-state index contributed by atoms with van der Waals surface area (Å²) in [6, 6.07) is 4.85. The lowest BCUT2D eigenvalue weighted by molar-refractivity contribution is -0.255. The van der Waals surface area contributed by atoms with E-state index in [9.17, 15) is 9.90 Å². The molecule has 1 saturated carbocycles. The third-order valence-electron chi connectivity index (χ3n) is 6.83. The van der Waals surface area contributed by atoms with E-state index < -0.39 is 5.97 Å². The second-order valence-electron chi connectivity index (χ2n) is 7.70. The number of carboxylic acid groups (broad SMARTS) is 1. The lowest BCUT2D eigenvalue weighted by Crippen LogP contribution is -2.38. The molecule has 2 aliphatic carbocycles. The van der Waals surface area contributed by atoms with Crippen LogP contribution in [0.15, 0.2) is 18.2 Å². The molecular formula is C18H19N2O2-. The monoisotopic (exact) mass is 295 g/mol. The third kappa shape index (κ3) is 1.28. The van der Waals surface area contributed by atoms with Gasteiger partial charge < -0.3 is 9.90 Å². The zero-order valence-corrected chi connectivity index (χ0v) is 13.4. The van der Waals surface area contributed by atoms with Crippen LogP contribution in [0.5, 0.6) is 0 Å². The van der Waals surface area contributed by atoms with E-state index in [2.05, 4.69) is 27.7 Å². The summed E-state index contributed by atoms with van der Waals surface area (Å²) in [4.78, 5) is 20.8. The normalized spacial score (nSPS) is 31.5. The lowest BCUT2D eigenvalue weighted by Gasteiger charge is -2.38. The molecule has 2 aliphatic rings. The molecule has 0 spiro atoms. The van der Waals surface area contributed by atoms with Crippen molar-refractivity contribution in [1.29, 1.82) is 0 Å². The van der Waals surface area contributed by atoms with Crippen LogP contribution < -0.4 is 5.11 Å². The van der Waals surface area contributed by atoms with E-state index in [4.69, 9.17) is 9.97 Å². The highest BCUT2D eigenvalue weighted by Crippen LogP contribution is 2.69. The van der Waals surface area contributed by atoms with Crippen molar-refractivity contribution in [2.45, 2.75) is 51.4 Å². The number of aromatic carboxylic acids is 1. The SMILES string of the molecule is CC12CCC(C)(c3nc4cc(C(=O)[O-])ccc4nc31)C2(C)C. The molecule has 0 N–H and O–H groups in total. The molecule has 4 rings (SSSR count). The van der Waals surface area contributed by atoms with Crippen LogP contribution in [-0.4, -0.2) is 15.9 Å². The second kappa shape index (κ2) is 3.67. The van der Waals surface area contributed by atoms with Crippen molar-refractivity contribution in [2.24, 2.45) is 5.41 Å². The number of benzene rings is 1. The number of carbonyl (C=O) groups is 1. The van der Waals surface area contributed by atoms with E-state index in [0.717, 1.165) is 29.7 Å². The minimum atomic E-state index is -1.18. The number of aromatic nitrogens is 2. The van der Waals surface area contributed by atoms with Crippen molar-refractivity contribution >= 4 is 17.0 Å². The Balaban J connectivity index is 2.04. The molecule has 2 aromatic rings. The van der Waals surface area contributed by atoms with Gasteiger partial charge in [0, 0.05) is 10.8 Å². The molecule has 2 atom stereocenters. The van der Waals surface area contributed by atoms with Gasteiger partial charge in [-0.1, -0.05) is 33.8 Å². The Labute approximate surface area is 129 Å². The molecule has 4 heteroatoms. The van der Waals surface area contributed by atoms with Gasteiger partial charge in [-0.3, -0.25) is 0 Å². The van der Waals surface area contributed by atoms with E-state index in [-0.39, 0.29) is 21.8 Å². The van der Waals surface area contributed by atoms with Gasteiger partial charge in [0.1, 0.15) is 0 Å². The fourth-order valence-electron chi connectivity index (χ4n) is 4.51. The Morgan fingerprint density at radius 1 is 1.00 bits per heavy atom. The number of fused-ring (bicyclic) bond motifs is 6. The molecule has 2 bridgehead atoms. The quantitative estimate of drug-likeness (QED) is 0.810. The van der Waals surface area contributed by atoms with Crippen molar-refractivity contribution < 1.29 is 9.90 Å². The molecular weight excluding hydrogens is 276 g/mol. The van der Waals surface area contributed by atoms with Gasteiger partial charge in [0.2, 0.25) is 0 Å². The molecule has 1 fully saturated rings. The molecule has 1 aromatic carbocycles. The molecule has 0 aliphatic heterocycles. The van der Waals surface area contributed by atoms with Crippen LogP contribution in [0.3, 0.4) is 0 Å². The number of carboxylic acids is 1. The fraction of sp³-hybridized carbons (Fsp3) is 0.500. The second-order valence-corrected chi connectivity index (χ2v) is 7.70. The van der Waals surface area contributed by atoms with E-state index in [1.54, 1.807) is 18.2 Å². The number of hydrogen-bond acceptors (Lipinski definition) is 4. The molecule has 2 unspecified atom stereocenters. The summed E-state index contributed by atoms with van der Waals surface area (Å²) >= 11 is 0. The van der Waals surface area contributed by atoms with E-state index in [1.165, 1.54) is 0 Å². The molecule has 0 radical (unpaired) electrons. The third-order valence-corrected chi connectivity index (χ3v) is 6.83. The van der Waals surface area contributed by atoms with Gasteiger partial charge in [-0.15, -0.1) is 0 Å². The van der Waals surface area contributed by atoms with Crippen LogP contribution in [0.25, 0.3) is 11.0 Å². The van der Waals surface area contributed by atoms with Crippen molar-refractivity contribution in [1.82, 2.24) is 9.97 Å². The highest BCUT2D eigenvalue weighted by atomic mass is 16.4. The predicted octanol–water partition coefficient (Wildman–Crippen LogP) is 2.34. The van der Waals surface area contributed by atoms with Crippen LogP contribution in [0.4, 0.5) is 0 Å². The van der Waals surface area contributed by atoms with E-state index in [0.29, 0.717) is 5.52 Å². The summed E-state index contributed by atoms with van der Waals surface area (Å²) in [5.41, 5.74) is 3.83. The van der Waals surface area contributed by atoms with Gasteiger partial charge >= 0.3 is 0 Å². The smallest absolute Gasteiger partial charge is 0.0897 e. The molecule has 0 amide bonds. The fourth-order valence-corrected chi connectivity index (χ4v) is 4.51. The van der Waals surface area contributed by atoms with Crippen molar-refractivity contribution in [3.05, 3.63) is 35.2 Å². The Morgan fingerprint density at radius 3 is 2.09 bits per heavy atom. The summed E-state index contributed by atoms with van der Waals surface area (Å²) in [5, 5.41) is 11.1. The summed E-state index contributed by atoms with van der Waals surface area (Å²) in [6.45, 7) is 9.18. The number of rotatable bonds is 1. The largest absolute Gasteiger partial charge is 0.545 e. The maximum absolute atomic E-state index is 11.1. The number of carbonyl (C=O) groups excluding carboxylic acids is 1. The Bertz CT molecular complexity index is 842. The topological polar surface area (TPSA) is 65.9 Å². The molecule has 1 aromatic heterocycles. The first-order valence-corrected chi connectivity index (χ1v) is 7.75. The minimum absolute atomic E-state index is 0.00421. The zero-order valence-electron chi connectivity index (χ0n) is 13.4. The summed E-state index contributed by atoms with van der Waals surface area (Å²) < 4.78 is 0.